The van der Waals surface area contributed by atoms with Crippen molar-refractivity contribution in [3.05, 3.63) is 42.1 Å². The van der Waals surface area contributed by atoms with Crippen LogP contribution in [0, 0.1) is 0 Å². The Balaban J connectivity index is 0.00000243. The lowest BCUT2D eigenvalue weighted by Crippen LogP contribution is -2.44. The molecule has 1 saturated heterocycles. The Bertz CT molecular complexity index is 692. The standard InChI is InChI=1S/C17H24ClN7.HI/c1-2-20-17(22-8-11-24-10-7-19-13-24)23-14-5-9-25(12-14)16-15(18)4-3-6-21-16;/h3-4,6-7,10,13-14H,2,5,8-9,11-12H2,1H3,(H2,20,22,23);1H. The third-order valence-electron chi connectivity index (χ3n) is 4.10. The van der Waals surface area contributed by atoms with Gasteiger partial charge in [0.05, 0.1) is 17.9 Å². The van der Waals surface area contributed by atoms with E-state index >= 15 is 0 Å². The molecule has 2 N–H and O–H groups in total. The van der Waals surface area contributed by atoms with Gasteiger partial charge in [0.25, 0.3) is 0 Å². The number of pyridine rings is 1. The van der Waals surface area contributed by atoms with Gasteiger partial charge < -0.3 is 20.1 Å². The predicted octanol–water partition coefficient (Wildman–Crippen LogP) is 2.38. The Kier molecular flexibility index (Phi) is 8.43. The fraction of sp³-hybridized carbons (Fsp3) is 0.471. The first-order valence-electron chi connectivity index (χ1n) is 8.62. The maximum absolute atomic E-state index is 6.26. The third-order valence-corrected chi connectivity index (χ3v) is 4.39. The highest BCUT2D eigenvalue weighted by molar-refractivity contribution is 14.0. The van der Waals surface area contributed by atoms with Crippen LogP contribution in [0.5, 0.6) is 0 Å². The zero-order valence-corrected chi connectivity index (χ0v) is 17.9. The van der Waals surface area contributed by atoms with E-state index in [0.29, 0.717) is 17.6 Å². The first kappa shape index (κ1) is 20.8. The van der Waals surface area contributed by atoms with Gasteiger partial charge in [0.1, 0.15) is 5.82 Å². The Morgan fingerprint density at radius 1 is 1.42 bits per heavy atom. The summed E-state index contributed by atoms with van der Waals surface area (Å²) in [6.07, 6.45) is 8.34. The zero-order chi connectivity index (χ0) is 17.5. The number of aliphatic imine (C=N–C) groups is 1. The van der Waals surface area contributed by atoms with Gasteiger partial charge >= 0.3 is 0 Å². The van der Waals surface area contributed by atoms with Crippen LogP contribution in [0.4, 0.5) is 5.82 Å². The Morgan fingerprint density at radius 2 is 2.31 bits per heavy atom. The molecule has 142 valence electrons. The molecule has 2 aromatic rings. The molecular weight excluding hydrogens is 465 g/mol. The molecule has 9 heteroatoms. The number of hydrogen-bond donors (Lipinski definition) is 2. The number of nitrogens with zero attached hydrogens (tertiary/aromatic N) is 5. The fourth-order valence-corrected chi connectivity index (χ4v) is 3.13. The number of rotatable bonds is 6. The van der Waals surface area contributed by atoms with E-state index in [9.17, 15) is 0 Å². The summed E-state index contributed by atoms with van der Waals surface area (Å²) in [5.74, 6) is 1.71. The van der Waals surface area contributed by atoms with Crippen LogP contribution in [0.1, 0.15) is 13.3 Å². The summed E-state index contributed by atoms with van der Waals surface area (Å²) in [4.78, 5) is 15.3. The lowest BCUT2D eigenvalue weighted by atomic mass is 10.3. The molecule has 1 aliphatic heterocycles. The minimum absolute atomic E-state index is 0. The molecule has 0 bridgehead atoms. The largest absolute Gasteiger partial charge is 0.357 e. The van der Waals surface area contributed by atoms with E-state index in [1.165, 1.54) is 0 Å². The minimum Gasteiger partial charge on any atom is -0.357 e. The maximum atomic E-state index is 6.26. The van der Waals surface area contributed by atoms with Crippen LogP contribution in [-0.4, -0.2) is 52.7 Å². The van der Waals surface area contributed by atoms with Crippen LogP contribution in [0.3, 0.4) is 0 Å². The quantitative estimate of drug-likeness (QED) is 0.370. The van der Waals surface area contributed by atoms with Crippen LogP contribution >= 0.6 is 35.6 Å². The number of hydrogen-bond acceptors (Lipinski definition) is 4. The van der Waals surface area contributed by atoms with Crippen molar-refractivity contribution >= 4 is 47.4 Å². The number of nitrogens with one attached hydrogen (secondary N) is 2. The molecule has 1 atom stereocenters. The SMILES string of the molecule is CCNC(=NCCn1ccnc1)NC1CCN(c2ncccc2Cl)C1.I. The van der Waals surface area contributed by atoms with Crippen LogP contribution in [0.25, 0.3) is 0 Å². The smallest absolute Gasteiger partial charge is 0.191 e. The molecule has 26 heavy (non-hydrogen) atoms. The van der Waals surface area contributed by atoms with Gasteiger partial charge in [0, 0.05) is 50.8 Å². The van der Waals surface area contributed by atoms with Crippen molar-refractivity contribution in [2.45, 2.75) is 25.9 Å². The van der Waals surface area contributed by atoms with Crippen LogP contribution in [0.15, 0.2) is 42.0 Å². The summed E-state index contributed by atoms with van der Waals surface area (Å²) in [5, 5.41) is 7.53. The summed E-state index contributed by atoms with van der Waals surface area (Å²) < 4.78 is 2.02. The molecule has 3 heterocycles. The Morgan fingerprint density at radius 3 is 3.04 bits per heavy atom. The minimum atomic E-state index is 0. The molecule has 7 nitrogen and oxygen atoms in total. The van der Waals surface area contributed by atoms with Crippen LogP contribution in [0.2, 0.25) is 5.02 Å². The number of guanidine groups is 1. The predicted molar refractivity (Wildman–Crippen MR) is 117 cm³/mol. The van der Waals surface area contributed by atoms with E-state index in [0.717, 1.165) is 44.4 Å². The summed E-state index contributed by atoms with van der Waals surface area (Å²) in [7, 11) is 0. The van der Waals surface area contributed by atoms with Crippen molar-refractivity contribution in [1.29, 1.82) is 0 Å². The highest BCUT2D eigenvalue weighted by atomic mass is 127. The maximum Gasteiger partial charge on any atom is 0.191 e. The molecule has 1 fully saturated rings. The summed E-state index contributed by atoms with van der Waals surface area (Å²) >= 11 is 6.26. The van der Waals surface area contributed by atoms with Crippen molar-refractivity contribution in [2.24, 2.45) is 4.99 Å². The Labute approximate surface area is 176 Å². The van der Waals surface area contributed by atoms with E-state index in [1.54, 1.807) is 18.7 Å². The lowest BCUT2D eigenvalue weighted by molar-refractivity contribution is 0.641. The average molecular weight is 490 g/mol. The second-order valence-corrected chi connectivity index (χ2v) is 6.35. The van der Waals surface area contributed by atoms with Gasteiger partial charge in [-0.25, -0.2) is 9.97 Å². The highest BCUT2D eigenvalue weighted by Crippen LogP contribution is 2.25. The monoisotopic (exact) mass is 489 g/mol. The topological polar surface area (TPSA) is 70.4 Å². The van der Waals surface area contributed by atoms with Crippen LogP contribution in [-0.2, 0) is 6.54 Å². The third kappa shape index (κ3) is 5.73. The fourth-order valence-electron chi connectivity index (χ4n) is 2.89. The first-order chi connectivity index (χ1) is 12.3. The summed E-state index contributed by atoms with van der Waals surface area (Å²) in [5.41, 5.74) is 0. The molecule has 2 aromatic heterocycles. The molecule has 0 radical (unpaired) electrons. The zero-order valence-electron chi connectivity index (χ0n) is 14.8. The van der Waals surface area contributed by atoms with E-state index in [2.05, 4.69) is 37.4 Å². The van der Waals surface area contributed by atoms with Crippen molar-refractivity contribution in [2.75, 3.05) is 31.1 Å². The van der Waals surface area contributed by atoms with Gasteiger partial charge in [-0.05, 0) is 25.5 Å². The molecule has 0 aliphatic carbocycles. The second-order valence-electron chi connectivity index (χ2n) is 5.95. The second kappa shape index (κ2) is 10.6. The van der Waals surface area contributed by atoms with Crippen molar-refractivity contribution in [3.8, 4) is 0 Å². The average Bonchev–Trinajstić information content (AvgIpc) is 3.27. The van der Waals surface area contributed by atoms with Gasteiger partial charge in [0.15, 0.2) is 5.96 Å². The number of aromatic nitrogens is 3. The summed E-state index contributed by atoms with van der Waals surface area (Å²) in [6.45, 7) is 6.22. The van der Waals surface area contributed by atoms with Crippen molar-refractivity contribution < 1.29 is 0 Å². The van der Waals surface area contributed by atoms with E-state index in [1.807, 2.05) is 22.9 Å². The van der Waals surface area contributed by atoms with Gasteiger partial charge in [0.2, 0.25) is 0 Å². The number of imidazole rings is 1. The molecular formula is C17H25ClIN7. The molecule has 1 unspecified atom stereocenters. The van der Waals surface area contributed by atoms with Crippen LogP contribution < -0.4 is 15.5 Å². The van der Waals surface area contributed by atoms with E-state index in [-0.39, 0.29) is 24.0 Å². The first-order valence-corrected chi connectivity index (χ1v) is 9.00. The van der Waals surface area contributed by atoms with E-state index < -0.39 is 0 Å². The molecule has 0 saturated carbocycles. The van der Waals surface area contributed by atoms with Gasteiger partial charge in [-0.15, -0.1) is 24.0 Å². The highest BCUT2D eigenvalue weighted by Gasteiger charge is 2.25. The lowest BCUT2D eigenvalue weighted by Gasteiger charge is -2.20. The van der Waals surface area contributed by atoms with Gasteiger partial charge in [-0.2, -0.15) is 0 Å². The van der Waals surface area contributed by atoms with Crippen molar-refractivity contribution in [3.63, 3.8) is 0 Å². The molecule has 1 aliphatic rings. The molecule has 0 aromatic carbocycles. The molecule has 0 spiro atoms. The molecule has 0 amide bonds. The number of halogens is 2. The van der Waals surface area contributed by atoms with Gasteiger partial charge in [-0.3, -0.25) is 4.99 Å². The van der Waals surface area contributed by atoms with Crippen molar-refractivity contribution in [1.82, 2.24) is 25.2 Å². The summed E-state index contributed by atoms with van der Waals surface area (Å²) in [6, 6.07) is 4.06. The Hall–Kier alpha value is -1.55. The normalized spacial score (nSPS) is 17.1. The van der Waals surface area contributed by atoms with Gasteiger partial charge in [-0.1, -0.05) is 11.6 Å². The van der Waals surface area contributed by atoms with E-state index in [4.69, 9.17) is 11.6 Å². The molecule has 3 rings (SSSR count). The number of anilines is 1.